The third-order valence-corrected chi connectivity index (χ3v) is 4.61. The Kier molecular flexibility index (Phi) is 4.35. The molecule has 8 nitrogen and oxygen atoms in total. The molecule has 0 radical (unpaired) electrons. The summed E-state index contributed by atoms with van der Waals surface area (Å²) in [5.74, 6) is -1.98. The molecule has 0 aromatic heterocycles. The van der Waals surface area contributed by atoms with Gasteiger partial charge in [-0.15, -0.1) is 0 Å². The van der Waals surface area contributed by atoms with Crippen molar-refractivity contribution in [3.8, 4) is 0 Å². The average molecular weight is 343 g/mol. The number of carbonyl (C=O) groups is 3. The SMILES string of the molecule is Cc1ccc([N+](=O)[O-])cc1NC(=O)CN1C(=O)C2CC=CCC2C1=O. The second-order valence-electron chi connectivity index (χ2n) is 6.22. The molecule has 1 aliphatic carbocycles. The van der Waals surface area contributed by atoms with Gasteiger partial charge in [0.2, 0.25) is 17.7 Å². The maximum absolute atomic E-state index is 12.4. The van der Waals surface area contributed by atoms with E-state index in [0.29, 0.717) is 18.4 Å². The number of fused-ring (bicyclic) bond motifs is 1. The maximum Gasteiger partial charge on any atom is 0.271 e. The number of hydrogen-bond donors (Lipinski definition) is 1. The fraction of sp³-hybridized carbons (Fsp3) is 0.353. The Labute approximate surface area is 143 Å². The molecule has 8 heteroatoms. The first-order valence-electron chi connectivity index (χ1n) is 7.93. The third kappa shape index (κ3) is 3.15. The molecular weight excluding hydrogens is 326 g/mol. The topological polar surface area (TPSA) is 110 Å². The monoisotopic (exact) mass is 343 g/mol. The molecule has 2 atom stereocenters. The van der Waals surface area contributed by atoms with Crippen LogP contribution in [0.15, 0.2) is 30.4 Å². The standard InChI is InChI=1S/C17H17N3O5/c1-10-6-7-11(20(24)25)8-14(10)18-15(21)9-19-16(22)12-4-2-3-5-13(12)17(19)23/h2-3,6-8,12-13H,4-5,9H2,1H3,(H,18,21). The number of nitro benzene ring substituents is 1. The molecule has 130 valence electrons. The Morgan fingerprint density at radius 1 is 1.24 bits per heavy atom. The van der Waals surface area contributed by atoms with Gasteiger partial charge in [0.15, 0.2) is 0 Å². The van der Waals surface area contributed by atoms with Crippen LogP contribution >= 0.6 is 0 Å². The van der Waals surface area contributed by atoms with Crippen molar-refractivity contribution < 1.29 is 19.3 Å². The lowest BCUT2D eigenvalue weighted by molar-refractivity contribution is -0.384. The van der Waals surface area contributed by atoms with Gasteiger partial charge in [-0.05, 0) is 25.3 Å². The Hall–Kier alpha value is -3.03. The molecule has 1 fully saturated rings. The Bertz CT molecular complexity index is 775. The van der Waals surface area contributed by atoms with Crippen molar-refractivity contribution in [2.75, 3.05) is 11.9 Å². The lowest BCUT2D eigenvalue weighted by Crippen LogP contribution is -2.38. The molecule has 1 N–H and O–H groups in total. The zero-order valence-corrected chi connectivity index (χ0v) is 13.6. The van der Waals surface area contributed by atoms with Crippen molar-refractivity contribution in [1.82, 2.24) is 4.90 Å². The van der Waals surface area contributed by atoms with Crippen molar-refractivity contribution in [2.45, 2.75) is 19.8 Å². The molecule has 3 rings (SSSR count). The second-order valence-corrected chi connectivity index (χ2v) is 6.22. The molecule has 1 aromatic carbocycles. The molecule has 0 bridgehead atoms. The molecule has 2 unspecified atom stereocenters. The number of rotatable bonds is 4. The predicted octanol–water partition coefficient (Wildman–Crippen LogP) is 1.79. The number of likely N-dealkylation sites (tertiary alicyclic amines) is 1. The second kappa shape index (κ2) is 6.46. The van der Waals surface area contributed by atoms with E-state index >= 15 is 0 Å². The van der Waals surface area contributed by atoms with E-state index in [-0.39, 0.29) is 41.6 Å². The third-order valence-electron chi connectivity index (χ3n) is 4.61. The van der Waals surface area contributed by atoms with Gasteiger partial charge in [-0.1, -0.05) is 18.2 Å². The summed E-state index contributed by atoms with van der Waals surface area (Å²) in [6.07, 6.45) is 4.78. The van der Waals surface area contributed by atoms with Crippen LogP contribution in [0.25, 0.3) is 0 Å². The minimum Gasteiger partial charge on any atom is -0.324 e. The zero-order valence-electron chi connectivity index (χ0n) is 13.6. The van der Waals surface area contributed by atoms with Gasteiger partial charge in [-0.25, -0.2) is 0 Å². The van der Waals surface area contributed by atoms with Gasteiger partial charge in [-0.2, -0.15) is 0 Å². The van der Waals surface area contributed by atoms with E-state index in [0.717, 1.165) is 4.90 Å². The van der Waals surface area contributed by atoms with Crippen molar-refractivity contribution >= 4 is 29.1 Å². The number of hydrogen-bond acceptors (Lipinski definition) is 5. The predicted molar refractivity (Wildman–Crippen MR) is 88.5 cm³/mol. The summed E-state index contributed by atoms with van der Waals surface area (Å²) in [5, 5.41) is 13.4. The fourth-order valence-corrected chi connectivity index (χ4v) is 3.22. The van der Waals surface area contributed by atoms with Crippen LogP contribution in [0, 0.1) is 28.9 Å². The van der Waals surface area contributed by atoms with Gasteiger partial charge in [-0.3, -0.25) is 29.4 Å². The molecule has 1 aromatic rings. The van der Waals surface area contributed by atoms with Crippen LogP contribution in [0.1, 0.15) is 18.4 Å². The van der Waals surface area contributed by atoms with Crippen LogP contribution in [-0.4, -0.2) is 34.1 Å². The summed E-state index contributed by atoms with van der Waals surface area (Å²) in [7, 11) is 0. The summed E-state index contributed by atoms with van der Waals surface area (Å²) in [5.41, 5.74) is 0.791. The lowest BCUT2D eigenvalue weighted by Gasteiger charge is -2.15. The molecule has 1 heterocycles. The lowest BCUT2D eigenvalue weighted by atomic mass is 9.85. The molecule has 0 spiro atoms. The summed E-state index contributed by atoms with van der Waals surface area (Å²) in [6.45, 7) is 1.32. The van der Waals surface area contributed by atoms with Gasteiger partial charge >= 0.3 is 0 Å². The summed E-state index contributed by atoms with van der Waals surface area (Å²) in [4.78, 5) is 48.2. The summed E-state index contributed by atoms with van der Waals surface area (Å²) < 4.78 is 0. The van der Waals surface area contributed by atoms with Gasteiger partial charge in [0, 0.05) is 12.1 Å². The van der Waals surface area contributed by atoms with Crippen LogP contribution in [0.4, 0.5) is 11.4 Å². The Balaban J connectivity index is 1.71. The molecule has 2 aliphatic rings. The van der Waals surface area contributed by atoms with Crippen molar-refractivity contribution in [1.29, 1.82) is 0 Å². The maximum atomic E-state index is 12.4. The van der Waals surface area contributed by atoms with Crippen LogP contribution in [-0.2, 0) is 14.4 Å². The largest absolute Gasteiger partial charge is 0.324 e. The highest BCUT2D eigenvalue weighted by Gasteiger charge is 2.47. The van der Waals surface area contributed by atoms with Gasteiger partial charge in [0.25, 0.3) is 5.69 Å². The Morgan fingerprint density at radius 2 is 1.84 bits per heavy atom. The number of nitrogens with one attached hydrogen (secondary N) is 1. The molecule has 0 saturated carbocycles. The number of non-ortho nitro benzene ring substituents is 1. The first kappa shape index (κ1) is 16.8. The molecule has 1 saturated heterocycles. The van der Waals surface area contributed by atoms with Crippen LogP contribution in [0.3, 0.4) is 0 Å². The van der Waals surface area contributed by atoms with Crippen molar-refractivity contribution in [2.24, 2.45) is 11.8 Å². The number of allylic oxidation sites excluding steroid dienone is 2. The van der Waals surface area contributed by atoms with Crippen LogP contribution in [0.5, 0.6) is 0 Å². The highest BCUT2D eigenvalue weighted by molar-refractivity contribution is 6.09. The highest BCUT2D eigenvalue weighted by atomic mass is 16.6. The van der Waals surface area contributed by atoms with Crippen molar-refractivity contribution in [3.05, 3.63) is 46.0 Å². The number of imide groups is 1. The minimum absolute atomic E-state index is 0.147. The first-order chi connectivity index (χ1) is 11.9. The zero-order chi connectivity index (χ0) is 18.1. The van der Waals surface area contributed by atoms with Crippen LogP contribution in [0.2, 0.25) is 0 Å². The summed E-state index contributed by atoms with van der Waals surface area (Å²) in [6, 6.07) is 4.13. The molecule has 25 heavy (non-hydrogen) atoms. The number of nitrogens with zero attached hydrogens (tertiary/aromatic N) is 2. The Morgan fingerprint density at radius 3 is 2.40 bits per heavy atom. The molecular formula is C17H17N3O5. The van der Waals surface area contributed by atoms with E-state index in [1.54, 1.807) is 6.92 Å². The van der Waals surface area contributed by atoms with E-state index in [1.165, 1.54) is 18.2 Å². The summed E-state index contributed by atoms with van der Waals surface area (Å²) >= 11 is 0. The van der Waals surface area contributed by atoms with Crippen LogP contribution < -0.4 is 5.32 Å². The number of carbonyl (C=O) groups excluding carboxylic acids is 3. The number of anilines is 1. The van der Waals surface area contributed by atoms with Crippen molar-refractivity contribution in [3.63, 3.8) is 0 Å². The van der Waals surface area contributed by atoms with E-state index in [2.05, 4.69) is 5.32 Å². The van der Waals surface area contributed by atoms with E-state index in [4.69, 9.17) is 0 Å². The van der Waals surface area contributed by atoms with Gasteiger partial charge in [0.1, 0.15) is 6.54 Å². The number of benzene rings is 1. The van der Waals surface area contributed by atoms with E-state index in [9.17, 15) is 24.5 Å². The van der Waals surface area contributed by atoms with E-state index in [1.807, 2.05) is 12.2 Å². The average Bonchev–Trinajstić information content (AvgIpc) is 2.82. The number of amides is 3. The highest BCUT2D eigenvalue weighted by Crippen LogP contribution is 2.34. The molecule has 1 aliphatic heterocycles. The fourth-order valence-electron chi connectivity index (χ4n) is 3.22. The van der Waals surface area contributed by atoms with Gasteiger partial charge < -0.3 is 5.32 Å². The molecule has 3 amide bonds. The normalized spacial score (nSPS) is 22.0. The minimum atomic E-state index is -0.558. The number of aryl methyl sites for hydroxylation is 1. The van der Waals surface area contributed by atoms with Gasteiger partial charge in [0.05, 0.1) is 22.4 Å². The quantitative estimate of drug-likeness (QED) is 0.388. The number of nitro groups is 1. The first-order valence-corrected chi connectivity index (χ1v) is 7.93. The van der Waals surface area contributed by atoms with E-state index < -0.39 is 10.8 Å². The smallest absolute Gasteiger partial charge is 0.271 e.